The van der Waals surface area contributed by atoms with Crippen molar-refractivity contribution in [1.82, 2.24) is 14.5 Å². The van der Waals surface area contributed by atoms with E-state index in [4.69, 9.17) is 4.98 Å². The van der Waals surface area contributed by atoms with Crippen molar-refractivity contribution in [2.45, 2.75) is 19.3 Å². The van der Waals surface area contributed by atoms with Crippen LogP contribution in [0.2, 0.25) is 0 Å². The Morgan fingerprint density at radius 3 is 1.43 bits per heavy atom. The summed E-state index contributed by atoms with van der Waals surface area (Å²) in [6.07, 6.45) is 21.7. The van der Waals surface area contributed by atoms with E-state index in [0.717, 1.165) is 50.7 Å². The number of benzene rings is 2. The van der Waals surface area contributed by atoms with Crippen LogP contribution >= 0.6 is 7.60 Å². The van der Waals surface area contributed by atoms with Crippen LogP contribution in [0.1, 0.15) is 17.0 Å². The van der Waals surface area contributed by atoms with Gasteiger partial charge in [-0.05, 0) is 52.1 Å². The molecule has 0 saturated carbocycles. The fourth-order valence-corrected chi connectivity index (χ4v) is 7.08. The minimum absolute atomic E-state index is 0.261. The van der Waals surface area contributed by atoms with Gasteiger partial charge >= 0.3 is 7.60 Å². The smallest absolute Gasteiger partial charge is 0.324 e. The zero-order valence-electron chi connectivity index (χ0n) is 29.3. The second-order valence-corrected chi connectivity index (χ2v) is 14.7. The van der Waals surface area contributed by atoms with Crippen LogP contribution in [0, 0.1) is 0 Å². The zero-order valence-corrected chi connectivity index (χ0v) is 30.2. The quantitative estimate of drug-likeness (QED) is 0.135. The van der Waals surface area contributed by atoms with Gasteiger partial charge in [-0.15, -0.1) is 0 Å². The highest BCUT2D eigenvalue weighted by molar-refractivity contribution is 7.50. The van der Waals surface area contributed by atoms with Gasteiger partial charge in [-0.2, -0.15) is 18.3 Å². The molecule has 0 unspecified atom stereocenters. The molecule has 0 radical (unpaired) electrons. The van der Waals surface area contributed by atoms with E-state index in [1.165, 1.54) is 0 Å². The molecule has 6 aromatic heterocycles. The Morgan fingerprint density at radius 2 is 1.00 bits per heavy atom. The SMILES string of the molecule is O=P(O)(O)Cc1ccc(-[n+]2ccc(-c3cc[n+](Cc4cccc(C[n+]5ccc(-c6cc[n+](-c7ccc(-n8ccnc8)cc7)cc6)cc5)n4)cc3)cc2)cc1. The summed E-state index contributed by atoms with van der Waals surface area (Å²) in [6.45, 7) is 1.33. The van der Waals surface area contributed by atoms with E-state index in [2.05, 4.69) is 147 Å². The summed E-state index contributed by atoms with van der Waals surface area (Å²) >= 11 is 0. The van der Waals surface area contributed by atoms with Crippen molar-refractivity contribution in [1.29, 1.82) is 0 Å². The van der Waals surface area contributed by atoms with Crippen LogP contribution < -0.4 is 18.3 Å². The molecule has 0 aliphatic rings. The molecule has 0 bridgehead atoms. The molecule has 0 fully saturated rings. The van der Waals surface area contributed by atoms with Crippen molar-refractivity contribution in [2.75, 3.05) is 0 Å². The van der Waals surface area contributed by atoms with Crippen molar-refractivity contribution in [3.05, 3.63) is 201 Å². The average molecular weight is 732 g/mol. The third-order valence-electron chi connectivity index (χ3n) is 9.23. The lowest BCUT2D eigenvalue weighted by atomic mass is 10.1. The van der Waals surface area contributed by atoms with E-state index in [0.29, 0.717) is 18.7 Å². The molecule has 11 heteroatoms. The van der Waals surface area contributed by atoms with Gasteiger partial charge in [0.05, 0.1) is 12.5 Å². The maximum atomic E-state index is 11.3. The van der Waals surface area contributed by atoms with Crippen molar-refractivity contribution in [3.63, 3.8) is 0 Å². The lowest BCUT2D eigenvalue weighted by Gasteiger charge is -2.04. The van der Waals surface area contributed by atoms with Crippen LogP contribution in [-0.2, 0) is 23.8 Å². The van der Waals surface area contributed by atoms with E-state index in [1.54, 1.807) is 24.7 Å². The lowest BCUT2D eigenvalue weighted by Crippen LogP contribution is -2.35. The molecule has 10 nitrogen and oxygen atoms in total. The second kappa shape index (κ2) is 15.3. The van der Waals surface area contributed by atoms with Crippen LogP contribution in [0.4, 0.5) is 0 Å². The molecule has 2 N–H and O–H groups in total. The number of imidazole rings is 1. The molecule has 0 aliphatic carbocycles. The first-order valence-corrected chi connectivity index (χ1v) is 19.3. The van der Waals surface area contributed by atoms with Gasteiger partial charge in [0.2, 0.25) is 11.4 Å². The first-order chi connectivity index (χ1) is 26.3. The summed E-state index contributed by atoms with van der Waals surface area (Å²) in [5.41, 5.74) is 10.2. The minimum Gasteiger partial charge on any atom is -0.324 e. The Kier molecular flexibility index (Phi) is 9.79. The van der Waals surface area contributed by atoms with Gasteiger partial charge in [0.25, 0.3) is 0 Å². The average Bonchev–Trinajstić information content (AvgIpc) is 3.74. The highest BCUT2D eigenvalue weighted by atomic mass is 31.2. The first-order valence-electron chi connectivity index (χ1n) is 17.5. The third kappa shape index (κ3) is 8.43. The Balaban J connectivity index is 0.865. The standard InChI is InChI=1S/C43H36N7O3P/c51-54(52,53)32-34-4-6-41(7-5-34)48-25-16-37(17-26-48)35-12-21-46(22-13-35)30-39-2-1-3-40(45-39)31-47-23-14-36(15-24-47)38-18-27-49(28-19-38)42-8-10-43(11-9-42)50-29-20-44-33-50/h1-29,33H,30-32H2/q+2/p+2. The molecule has 8 aromatic rings. The Bertz CT molecular complexity index is 2520. The van der Waals surface area contributed by atoms with Gasteiger partial charge in [0.1, 0.15) is 11.4 Å². The van der Waals surface area contributed by atoms with E-state index < -0.39 is 7.60 Å². The summed E-state index contributed by atoms with van der Waals surface area (Å²) in [5.74, 6) is 0. The van der Waals surface area contributed by atoms with E-state index >= 15 is 0 Å². The monoisotopic (exact) mass is 731 g/mol. The van der Waals surface area contributed by atoms with E-state index in [9.17, 15) is 14.4 Å². The molecule has 0 aliphatic heterocycles. The predicted molar refractivity (Wildman–Crippen MR) is 203 cm³/mol. The summed E-state index contributed by atoms with van der Waals surface area (Å²) in [5, 5.41) is 0. The molecule has 8 rings (SSSR count). The molecule has 0 atom stereocenters. The highest BCUT2D eigenvalue weighted by Crippen LogP contribution is 2.38. The number of rotatable bonds is 11. The van der Waals surface area contributed by atoms with Crippen molar-refractivity contribution < 1.29 is 32.6 Å². The van der Waals surface area contributed by atoms with Gasteiger partial charge in [0.15, 0.2) is 62.7 Å². The minimum atomic E-state index is -4.09. The van der Waals surface area contributed by atoms with Gasteiger partial charge in [-0.3, -0.25) is 4.57 Å². The number of nitrogens with zero attached hydrogens (tertiary/aromatic N) is 7. The van der Waals surface area contributed by atoms with Crippen molar-refractivity contribution >= 4 is 7.60 Å². The van der Waals surface area contributed by atoms with Crippen molar-refractivity contribution in [3.8, 4) is 39.3 Å². The van der Waals surface area contributed by atoms with Gasteiger partial charge in [-0.25, -0.2) is 9.97 Å². The first kappa shape index (κ1) is 34.6. The fourth-order valence-electron chi connectivity index (χ4n) is 6.39. The maximum Gasteiger partial charge on any atom is 0.329 e. The molecule has 0 spiro atoms. The topological polar surface area (TPSA) is 104 Å². The van der Waals surface area contributed by atoms with Crippen LogP contribution in [0.15, 0.2) is 184 Å². The summed E-state index contributed by atoms with van der Waals surface area (Å²) in [7, 11) is -4.09. The van der Waals surface area contributed by atoms with Gasteiger partial charge in [-0.1, -0.05) is 18.2 Å². The molecule has 0 amide bonds. The second-order valence-electron chi connectivity index (χ2n) is 13.1. The number of hydrogen-bond donors (Lipinski definition) is 2. The largest absolute Gasteiger partial charge is 0.329 e. The molecule has 2 aromatic carbocycles. The number of hydrogen-bond acceptors (Lipinski definition) is 3. The highest BCUT2D eigenvalue weighted by Gasteiger charge is 2.16. The van der Waals surface area contributed by atoms with E-state index in [1.807, 2.05) is 39.9 Å². The molecule has 0 saturated heterocycles. The third-order valence-corrected chi connectivity index (χ3v) is 10.0. The molecule has 6 heterocycles. The molecule has 264 valence electrons. The lowest BCUT2D eigenvalue weighted by molar-refractivity contribution is -0.690. The number of pyridine rings is 5. The van der Waals surface area contributed by atoms with Crippen LogP contribution in [0.5, 0.6) is 0 Å². The molecular formula is C43H38N7O3P+4. The van der Waals surface area contributed by atoms with Crippen molar-refractivity contribution in [2.24, 2.45) is 0 Å². The Hall–Kier alpha value is -6.45. The summed E-state index contributed by atoms with van der Waals surface area (Å²) in [4.78, 5) is 27.5. The maximum absolute atomic E-state index is 11.3. The predicted octanol–water partition coefficient (Wildman–Crippen LogP) is 5.50. The normalized spacial score (nSPS) is 11.4. The number of aromatic nitrogens is 7. The zero-order chi connectivity index (χ0) is 36.9. The summed E-state index contributed by atoms with van der Waals surface area (Å²) < 4.78 is 21.6. The van der Waals surface area contributed by atoms with Crippen LogP contribution in [-0.4, -0.2) is 24.3 Å². The molecule has 54 heavy (non-hydrogen) atoms. The van der Waals surface area contributed by atoms with Crippen LogP contribution in [0.25, 0.3) is 39.3 Å². The summed E-state index contributed by atoms with van der Waals surface area (Å²) in [6, 6.07) is 38.7. The van der Waals surface area contributed by atoms with Gasteiger partial charge in [0, 0.05) is 90.9 Å². The fraction of sp³-hybridized carbons (Fsp3) is 0.0698. The Morgan fingerprint density at radius 1 is 0.556 bits per heavy atom. The van der Waals surface area contributed by atoms with Gasteiger partial charge < -0.3 is 14.4 Å². The van der Waals surface area contributed by atoms with E-state index in [-0.39, 0.29) is 6.16 Å². The molecular weight excluding hydrogens is 693 g/mol. The Labute approximate surface area is 313 Å². The van der Waals surface area contributed by atoms with Crippen LogP contribution in [0.3, 0.4) is 0 Å².